The topological polar surface area (TPSA) is 118 Å². The summed E-state index contributed by atoms with van der Waals surface area (Å²) < 4.78 is 7.77. The van der Waals surface area contributed by atoms with Crippen molar-refractivity contribution in [3.8, 4) is 17.0 Å². The number of hydrogen-bond donors (Lipinski definition) is 3. The number of nitrogens with zero attached hydrogens (tertiary/aromatic N) is 5. The van der Waals surface area contributed by atoms with E-state index in [0.717, 1.165) is 22.4 Å². The van der Waals surface area contributed by atoms with E-state index in [-0.39, 0.29) is 12.0 Å². The summed E-state index contributed by atoms with van der Waals surface area (Å²) in [5.74, 6) is 1.55. The zero-order valence-electron chi connectivity index (χ0n) is 20.0. The van der Waals surface area contributed by atoms with Gasteiger partial charge in [0.15, 0.2) is 5.65 Å². The summed E-state index contributed by atoms with van der Waals surface area (Å²) in [4.78, 5) is 26.7. The van der Waals surface area contributed by atoms with Gasteiger partial charge in [0.1, 0.15) is 23.3 Å². The van der Waals surface area contributed by atoms with E-state index in [1.54, 1.807) is 16.9 Å². The number of anilines is 3. The van der Waals surface area contributed by atoms with E-state index >= 15 is 0 Å². The Morgan fingerprint density at radius 1 is 1.03 bits per heavy atom. The summed E-state index contributed by atoms with van der Waals surface area (Å²) in [6.07, 6.45) is 6.54. The van der Waals surface area contributed by atoms with Crippen molar-refractivity contribution in [3.05, 3.63) is 90.5 Å². The number of carbonyl (C=O) groups excluding carboxylic acids is 1. The highest BCUT2D eigenvalue weighted by Gasteiger charge is 2.20. The van der Waals surface area contributed by atoms with E-state index < -0.39 is 0 Å². The normalized spacial score (nSPS) is 15.4. The second kappa shape index (κ2) is 9.57. The van der Waals surface area contributed by atoms with Gasteiger partial charge < -0.3 is 20.7 Å². The predicted octanol–water partition coefficient (Wildman–Crippen LogP) is 4.05. The van der Waals surface area contributed by atoms with Crippen LogP contribution in [-0.4, -0.2) is 43.1 Å². The molecule has 1 aliphatic heterocycles. The van der Waals surface area contributed by atoms with Crippen molar-refractivity contribution in [2.24, 2.45) is 0 Å². The van der Waals surface area contributed by atoms with Crippen molar-refractivity contribution >= 4 is 28.9 Å². The molecule has 37 heavy (non-hydrogen) atoms. The van der Waals surface area contributed by atoms with Crippen LogP contribution in [-0.2, 0) is 6.54 Å². The van der Waals surface area contributed by atoms with Gasteiger partial charge in [0.2, 0.25) is 5.88 Å². The Balaban J connectivity index is 1.43. The summed E-state index contributed by atoms with van der Waals surface area (Å²) >= 11 is 0. The van der Waals surface area contributed by atoms with Gasteiger partial charge in [0.05, 0.1) is 24.6 Å². The molecule has 184 valence electrons. The molecule has 0 saturated heterocycles. The minimum absolute atomic E-state index is 0.265. The van der Waals surface area contributed by atoms with Crippen LogP contribution in [0, 0.1) is 0 Å². The molecule has 6 rings (SSSR count). The van der Waals surface area contributed by atoms with Gasteiger partial charge >= 0.3 is 0 Å². The number of carbonyl (C=O) groups is 1. The van der Waals surface area contributed by atoms with E-state index in [9.17, 15) is 4.79 Å². The minimum Gasteiger partial charge on any atom is -0.473 e. The van der Waals surface area contributed by atoms with Gasteiger partial charge in [-0.2, -0.15) is 5.10 Å². The van der Waals surface area contributed by atoms with Crippen LogP contribution in [0.4, 0.5) is 17.3 Å². The second-order valence-electron chi connectivity index (χ2n) is 8.72. The lowest BCUT2D eigenvalue weighted by molar-refractivity contribution is 0.0932. The molecule has 0 radical (unpaired) electrons. The van der Waals surface area contributed by atoms with Crippen LogP contribution in [0.3, 0.4) is 0 Å². The predicted molar refractivity (Wildman–Crippen MR) is 140 cm³/mol. The molecule has 4 aromatic heterocycles. The van der Waals surface area contributed by atoms with Gasteiger partial charge in [0, 0.05) is 30.1 Å². The fraction of sp³-hybridized carbons (Fsp3) is 0.148. The number of benzene rings is 1. The van der Waals surface area contributed by atoms with Crippen molar-refractivity contribution in [2.45, 2.75) is 19.6 Å². The number of nitrogens with one attached hydrogen (secondary N) is 3. The number of ether oxygens (including phenoxy) is 1. The first kappa shape index (κ1) is 22.5. The monoisotopic (exact) mass is 492 g/mol. The first-order chi connectivity index (χ1) is 18.1. The number of rotatable bonds is 3. The maximum absolute atomic E-state index is 13.0. The van der Waals surface area contributed by atoms with Crippen LogP contribution in [0.1, 0.15) is 22.8 Å². The van der Waals surface area contributed by atoms with E-state index in [0.29, 0.717) is 41.8 Å². The van der Waals surface area contributed by atoms with Crippen molar-refractivity contribution < 1.29 is 9.53 Å². The lowest BCUT2D eigenvalue weighted by atomic mass is 10.1. The van der Waals surface area contributed by atoms with Crippen LogP contribution < -0.4 is 20.7 Å². The molecule has 1 aliphatic rings. The Morgan fingerprint density at radius 2 is 1.89 bits per heavy atom. The third kappa shape index (κ3) is 4.64. The number of fused-ring (bicyclic) bond motifs is 2. The van der Waals surface area contributed by atoms with Crippen LogP contribution in [0.2, 0.25) is 0 Å². The molecule has 0 fully saturated rings. The average molecular weight is 493 g/mol. The first-order valence-electron chi connectivity index (χ1n) is 11.9. The molecule has 10 nitrogen and oxygen atoms in total. The minimum atomic E-state index is -0.312. The summed E-state index contributed by atoms with van der Waals surface area (Å²) in [6.45, 7) is 2.58. The molecule has 0 saturated carbocycles. The smallest absolute Gasteiger partial charge is 0.256 e. The van der Waals surface area contributed by atoms with Crippen molar-refractivity contribution in [1.29, 1.82) is 0 Å². The van der Waals surface area contributed by atoms with E-state index in [1.165, 1.54) is 6.20 Å². The van der Waals surface area contributed by atoms with Crippen LogP contribution in [0.25, 0.3) is 16.8 Å². The highest BCUT2D eigenvalue weighted by atomic mass is 16.5. The molecule has 1 aromatic carbocycles. The van der Waals surface area contributed by atoms with Gasteiger partial charge in [0.25, 0.3) is 5.91 Å². The Kier molecular flexibility index (Phi) is 5.81. The Hall–Kier alpha value is -4.99. The maximum atomic E-state index is 13.0. The van der Waals surface area contributed by atoms with E-state index in [2.05, 4.69) is 31.0 Å². The Labute approximate surface area is 212 Å². The largest absolute Gasteiger partial charge is 0.473 e. The first-order valence-corrected chi connectivity index (χ1v) is 11.9. The molecular formula is C27H24N8O2. The third-order valence-corrected chi connectivity index (χ3v) is 5.99. The van der Waals surface area contributed by atoms with Crippen molar-refractivity contribution in [2.75, 3.05) is 17.2 Å². The molecular weight excluding hydrogens is 468 g/mol. The van der Waals surface area contributed by atoms with Gasteiger partial charge in [-0.3, -0.25) is 4.79 Å². The lowest BCUT2D eigenvalue weighted by Crippen LogP contribution is -2.33. The SMILES string of the molecule is CC1CNC(=O)c2cnn3cc(-c4ccccc4)c(nc23)NCc2cc(Nc3ccccn3)cnc2O1. The van der Waals surface area contributed by atoms with Gasteiger partial charge in [-0.25, -0.2) is 19.5 Å². The van der Waals surface area contributed by atoms with Crippen LogP contribution in [0.15, 0.2) is 79.4 Å². The molecule has 0 spiro atoms. The maximum Gasteiger partial charge on any atom is 0.256 e. The quantitative estimate of drug-likeness (QED) is 0.345. The summed E-state index contributed by atoms with van der Waals surface area (Å²) in [5.41, 5.74) is 4.29. The highest BCUT2D eigenvalue weighted by molar-refractivity contribution is 6.00. The molecule has 1 atom stereocenters. The Morgan fingerprint density at radius 3 is 2.73 bits per heavy atom. The van der Waals surface area contributed by atoms with Gasteiger partial charge in [-0.05, 0) is 30.7 Å². The third-order valence-electron chi connectivity index (χ3n) is 5.99. The van der Waals surface area contributed by atoms with Crippen molar-refractivity contribution in [1.82, 2.24) is 29.9 Å². The fourth-order valence-electron chi connectivity index (χ4n) is 4.16. The second-order valence-corrected chi connectivity index (χ2v) is 8.72. The molecule has 1 unspecified atom stereocenters. The zero-order valence-corrected chi connectivity index (χ0v) is 20.0. The number of pyridine rings is 2. The highest BCUT2D eigenvalue weighted by Crippen LogP contribution is 2.30. The number of hydrogen-bond acceptors (Lipinski definition) is 8. The van der Waals surface area contributed by atoms with Gasteiger partial charge in [-0.1, -0.05) is 36.4 Å². The molecule has 3 N–H and O–H groups in total. The van der Waals surface area contributed by atoms with Crippen LogP contribution in [0.5, 0.6) is 5.88 Å². The molecule has 1 amide bonds. The molecule has 10 heteroatoms. The summed E-state index contributed by atoms with van der Waals surface area (Å²) in [6, 6.07) is 17.6. The molecule has 5 heterocycles. The van der Waals surface area contributed by atoms with Crippen molar-refractivity contribution in [3.63, 3.8) is 0 Å². The average Bonchev–Trinajstić information content (AvgIpc) is 3.35. The molecule has 0 aliphatic carbocycles. The zero-order chi connectivity index (χ0) is 25.2. The summed E-state index contributed by atoms with van der Waals surface area (Å²) in [7, 11) is 0. The number of aromatic nitrogens is 5. The number of amides is 1. The fourth-order valence-corrected chi connectivity index (χ4v) is 4.16. The lowest BCUT2D eigenvalue weighted by Gasteiger charge is -2.18. The Bertz CT molecular complexity index is 1570. The van der Waals surface area contributed by atoms with E-state index in [4.69, 9.17) is 9.72 Å². The summed E-state index contributed by atoms with van der Waals surface area (Å²) in [5, 5.41) is 14.0. The van der Waals surface area contributed by atoms with E-state index in [1.807, 2.05) is 67.7 Å². The molecule has 5 aromatic rings. The van der Waals surface area contributed by atoms with Gasteiger partial charge in [-0.15, -0.1) is 0 Å². The molecule has 2 bridgehead atoms. The standard InChI is InChI=1S/C27H24N8O2/c1-17-12-30-26(36)21-15-32-35-16-22(18-7-3-2-4-8-18)24(34-25(21)35)29-13-19-11-20(14-31-27(19)37-17)33-23-9-5-6-10-28-23/h2-11,14-17H,12-13H2,1H3,(H,28,33)(H,29,34)(H,30,36). The van der Waals surface area contributed by atoms with Crippen LogP contribution >= 0.6 is 0 Å².